The summed E-state index contributed by atoms with van der Waals surface area (Å²) in [6.07, 6.45) is 12.4. The van der Waals surface area contributed by atoms with Crippen molar-refractivity contribution in [1.29, 1.82) is 0 Å². The van der Waals surface area contributed by atoms with Gasteiger partial charge in [0.1, 0.15) is 11.8 Å². The van der Waals surface area contributed by atoms with Crippen LogP contribution in [0.4, 0.5) is 0 Å². The summed E-state index contributed by atoms with van der Waals surface area (Å²) in [6.45, 7) is 2.80. The predicted molar refractivity (Wildman–Crippen MR) is 112 cm³/mol. The molecule has 1 saturated heterocycles. The highest BCUT2D eigenvalue weighted by Gasteiger charge is 2.45. The maximum absolute atomic E-state index is 12.4. The topological polar surface area (TPSA) is 78.3 Å². The van der Waals surface area contributed by atoms with Gasteiger partial charge in [-0.15, -0.1) is 0 Å². The molecule has 2 atom stereocenters. The Bertz CT molecular complexity index is 640. The van der Waals surface area contributed by atoms with Crippen LogP contribution in [-0.2, 0) is 11.3 Å². The zero-order valence-electron chi connectivity index (χ0n) is 17.3. The van der Waals surface area contributed by atoms with Crippen molar-refractivity contribution in [1.82, 2.24) is 4.90 Å². The van der Waals surface area contributed by atoms with E-state index in [0.717, 1.165) is 24.2 Å². The maximum atomic E-state index is 12.4. The lowest BCUT2D eigenvalue weighted by molar-refractivity contribution is -0.150. The molecule has 28 heavy (non-hydrogen) atoms. The Kier molecular flexibility index (Phi) is 9.70. The van der Waals surface area contributed by atoms with E-state index < -0.39 is 6.04 Å². The molecule has 1 aliphatic heterocycles. The smallest absolute Gasteiger partial charge is 0.234 e. The van der Waals surface area contributed by atoms with Crippen molar-refractivity contribution < 1.29 is 9.53 Å². The number of ether oxygens (including phenoxy) is 1. The Morgan fingerprint density at radius 3 is 2.21 bits per heavy atom. The molecule has 6 heteroatoms. The highest BCUT2D eigenvalue weighted by Crippen LogP contribution is 2.30. The average molecular weight is 387 g/mol. The van der Waals surface area contributed by atoms with Crippen LogP contribution in [0.1, 0.15) is 76.7 Å². The van der Waals surface area contributed by atoms with Gasteiger partial charge in [-0.3, -0.25) is 4.79 Å². The molecule has 1 amide bonds. The van der Waals surface area contributed by atoms with Crippen molar-refractivity contribution in [3.63, 3.8) is 0 Å². The highest BCUT2D eigenvalue weighted by molar-refractivity contribution is 5.89. The number of hydrogen-bond donors (Lipinski definition) is 0. The van der Waals surface area contributed by atoms with Gasteiger partial charge in [0.05, 0.1) is 7.11 Å². The fraction of sp³-hybridized carbons (Fsp3) is 0.682. The predicted octanol–water partition coefficient (Wildman–Crippen LogP) is 6.01. The number of benzene rings is 1. The van der Waals surface area contributed by atoms with Crippen LogP contribution in [-0.4, -0.2) is 30.0 Å². The van der Waals surface area contributed by atoms with E-state index in [2.05, 4.69) is 16.9 Å². The molecule has 1 aliphatic rings. The molecule has 0 aromatic heterocycles. The summed E-state index contributed by atoms with van der Waals surface area (Å²) in [5.41, 5.74) is 9.84. The second-order valence-electron chi connectivity index (χ2n) is 7.65. The SMILES string of the molecule is CCCCCCCCCCC[C@@H]1[C@@H](N=[N+]=[N-])C(=O)N1Cc1ccc(OC)cc1. The fourth-order valence-electron chi connectivity index (χ4n) is 3.87. The lowest BCUT2D eigenvalue weighted by atomic mass is 9.89. The van der Waals surface area contributed by atoms with E-state index in [1.54, 1.807) is 7.11 Å². The van der Waals surface area contributed by atoms with Crippen LogP contribution >= 0.6 is 0 Å². The number of rotatable bonds is 14. The molecule has 2 rings (SSSR count). The summed E-state index contributed by atoms with van der Waals surface area (Å²) >= 11 is 0. The van der Waals surface area contributed by atoms with Crippen LogP contribution in [0.2, 0.25) is 0 Å². The van der Waals surface area contributed by atoms with Gasteiger partial charge in [0.15, 0.2) is 0 Å². The summed E-state index contributed by atoms with van der Waals surface area (Å²) in [5.74, 6) is 0.742. The van der Waals surface area contributed by atoms with Gasteiger partial charge < -0.3 is 9.64 Å². The summed E-state index contributed by atoms with van der Waals surface area (Å²) in [4.78, 5) is 17.1. The molecular formula is C22H34N4O2. The molecule has 0 saturated carbocycles. The number of likely N-dealkylation sites (tertiary alicyclic amines) is 1. The van der Waals surface area contributed by atoms with E-state index in [-0.39, 0.29) is 11.9 Å². The zero-order valence-corrected chi connectivity index (χ0v) is 17.3. The van der Waals surface area contributed by atoms with Crippen molar-refractivity contribution in [2.75, 3.05) is 7.11 Å². The summed E-state index contributed by atoms with van der Waals surface area (Å²) in [7, 11) is 1.64. The van der Waals surface area contributed by atoms with E-state index in [1.165, 1.54) is 51.4 Å². The quantitative estimate of drug-likeness (QED) is 0.129. The summed E-state index contributed by atoms with van der Waals surface area (Å²) < 4.78 is 5.18. The molecule has 154 valence electrons. The van der Waals surface area contributed by atoms with Gasteiger partial charge in [-0.25, -0.2) is 0 Å². The van der Waals surface area contributed by atoms with Gasteiger partial charge in [0.2, 0.25) is 5.91 Å². The molecular weight excluding hydrogens is 352 g/mol. The number of amides is 1. The van der Waals surface area contributed by atoms with Gasteiger partial charge in [0.25, 0.3) is 0 Å². The van der Waals surface area contributed by atoms with E-state index in [0.29, 0.717) is 6.54 Å². The first-order valence-corrected chi connectivity index (χ1v) is 10.7. The van der Waals surface area contributed by atoms with E-state index >= 15 is 0 Å². The number of β-lactam (4-membered cyclic amide) rings is 1. The maximum Gasteiger partial charge on any atom is 0.234 e. The van der Waals surface area contributed by atoms with Gasteiger partial charge in [-0.05, 0) is 29.6 Å². The first-order chi connectivity index (χ1) is 13.7. The summed E-state index contributed by atoms with van der Waals surface area (Å²) in [5, 5.41) is 3.74. The van der Waals surface area contributed by atoms with Crippen LogP contribution < -0.4 is 4.74 Å². The Morgan fingerprint density at radius 1 is 1.04 bits per heavy atom. The number of nitrogens with zero attached hydrogens (tertiary/aromatic N) is 4. The minimum absolute atomic E-state index is 0.0232. The van der Waals surface area contributed by atoms with Crippen molar-refractivity contribution in [3.8, 4) is 5.75 Å². The van der Waals surface area contributed by atoms with E-state index in [4.69, 9.17) is 10.3 Å². The molecule has 0 bridgehead atoms. The van der Waals surface area contributed by atoms with Crippen molar-refractivity contribution in [2.24, 2.45) is 5.11 Å². The fourth-order valence-corrected chi connectivity index (χ4v) is 3.87. The molecule has 1 fully saturated rings. The second kappa shape index (κ2) is 12.3. The minimum atomic E-state index is -0.530. The first kappa shape index (κ1) is 22.1. The first-order valence-electron chi connectivity index (χ1n) is 10.7. The lowest BCUT2D eigenvalue weighted by Gasteiger charge is -2.45. The molecule has 0 radical (unpaired) electrons. The molecule has 0 spiro atoms. The van der Waals surface area contributed by atoms with E-state index in [9.17, 15) is 4.79 Å². The molecule has 0 unspecified atom stereocenters. The Balaban J connectivity index is 1.76. The normalized spacial score (nSPS) is 18.5. The number of methoxy groups -OCH3 is 1. The van der Waals surface area contributed by atoms with E-state index in [1.807, 2.05) is 29.2 Å². The number of hydrogen-bond acceptors (Lipinski definition) is 3. The molecule has 1 heterocycles. The van der Waals surface area contributed by atoms with Crippen molar-refractivity contribution in [3.05, 3.63) is 40.3 Å². The Hall–Kier alpha value is -2.20. The third-order valence-corrected chi connectivity index (χ3v) is 5.59. The van der Waals surface area contributed by atoms with Gasteiger partial charge >= 0.3 is 0 Å². The van der Waals surface area contributed by atoms with Crippen molar-refractivity contribution >= 4 is 5.91 Å². The lowest BCUT2D eigenvalue weighted by Crippen LogP contribution is -2.63. The Labute approximate surface area is 168 Å². The second-order valence-corrected chi connectivity index (χ2v) is 7.65. The monoisotopic (exact) mass is 386 g/mol. The largest absolute Gasteiger partial charge is 0.497 e. The highest BCUT2D eigenvalue weighted by atomic mass is 16.5. The van der Waals surface area contributed by atoms with Crippen molar-refractivity contribution in [2.45, 2.75) is 89.8 Å². The van der Waals surface area contributed by atoms with Gasteiger partial charge in [-0.2, -0.15) is 0 Å². The van der Waals surface area contributed by atoms with Crippen LogP contribution in [0.3, 0.4) is 0 Å². The number of carbonyl (C=O) groups excluding carboxylic acids is 1. The molecule has 0 N–H and O–H groups in total. The molecule has 6 nitrogen and oxygen atoms in total. The molecule has 1 aromatic carbocycles. The number of azide groups is 1. The third-order valence-electron chi connectivity index (χ3n) is 5.59. The number of unbranched alkanes of at least 4 members (excludes halogenated alkanes) is 8. The molecule has 0 aliphatic carbocycles. The Morgan fingerprint density at radius 2 is 1.64 bits per heavy atom. The number of carbonyl (C=O) groups is 1. The standard InChI is InChI=1S/C22H34N4O2/c1-3-4-5-6-7-8-9-10-11-12-20-21(24-25-23)22(27)26(20)17-18-13-15-19(28-2)16-14-18/h13-16,20-21H,3-12,17H2,1-2H3/t20-,21-/m1/s1. The summed E-state index contributed by atoms with van der Waals surface area (Å²) in [6, 6.07) is 7.25. The average Bonchev–Trinajstić information content (AvgIpc) is 2.73. The molecule has 1 aromatic rings. The third kappa shape index (κ3) is 6.45. The van der Waals surface area contributed by atoms with Gasteiger partial charge in [0, 0.05) is 17.5 Å². The van der Waals surface area contributed by atoms with Crippen LogP contribution in [0.5, 0.6) is 5.75 Å². The zero-order chi connectivity index (χ0) is 20.2. The van der Waals surface area contributed by atoms with Crippen LogP contribution in [0.15, 0.2) is 29.4 Å². The van der Waals surface area contributed by atoms with Crippen LogP contribution in [0, 0.1) is 0 Å². The van der Waals surface area contributed by atoms with Gasteiger partial charge in [-0.1, -0.05) is 82.0 Å². The minimum Gasteiger partial charge on any atom is -0.497 e. The van der Waals surface area contributed by atoms with Crippen LogP contribution in [0.25, 0.3) is 10.4 Å².